The molecule has 0 N–H and O–H groups in total. The zero-order valence-electron chi connectivity index (χ0n) is 9.86. The van der Waals surface area contributed by atoms with E-state index in [9.17, 15) is 4.79 Å². The van der Waals surface area contributed by atoms with Crippen LogP contribution in [0.1, 0.15) is 29.3 Å². The first-order chi connectivity index (χ1) is 8.60. The molecule has 3 nitrogen and oxygen atoms in total. The Morgan fingerprint density at radius 1 is 1.22 bits per heavy atom. The van der Waals surface area contributed by atoms with E-state index in [1.165, 1.54) is 0 Å². The summed E-state index contributed by atoms with van der Waals surface area (Å²) in [5.74, 6) is -0.123. The molecule has 0 bridgehead atoms. The molecule has 1 heterocycles. The van der Waals surface area contributed by atoms with Gasteiger partial charge in [-0.2, -0.15) is 5.10 Å². The molecule has 0 aliphatic heterocycles. The fraction of sp³-hybridized carbons (Fsp3) is 0.231. The third kappa shape index (κ3) is 2.92. The largest absolute Gasteiger partial charge is 0.288 e. The summed E-state index contributed by atoms with van der Waals surface area (Å²) in [6.45, 7) is 2.85. The monoisotopic (exact) mass is 282 g/mol. The normalized spacial score (nSPS) is 10.6. The number of halogens is 2. The number of hydrogen-bond donors (Lipinski definition) is 0. The first-order valence-electron chi connectivity index (χ1n) is 5.63. The maximum atomic E-state index is 12.2. The Labute approximate surface area is 115 Å². The molecule has 0 aliphatic carbocycles. The van der Waals surface area contributed by atoms with Gasteiger partial charge in [0, 0.05) is 28.4 Å². The maximum Gasteiger partial charge on any atom is 0.196 e. The van der Waals surface area contributed by atoms with Crippen LogP contribution < -0.4 is 0 Å². The lowest BCUT2D eigenvalue weighted by Crippen LogP contribution is -2.00. The summed E-state index contributed by atoms with van der Waals surface area (Å²) in [5, 5.41) is 5.03. The number of ketones is 1. The second-order valence-corrected chi connectivity index (χ2v) is 4.85. The Bertz CT molecular complexity index is 558. The summed E-state index contributed by atoms with van der Waals surface area (Å²) in [6.07, 6.45) is 4.27. The van der Waals surface area contributed by atoms with Crippen molar-refractivity contribution in [2.24, 2.45) is 0 Å². The Kier molecular flexibility index (Phi) is 4.04. The molecule has 1 aromatic heterocycles. The fourth-order valence-electron chi connectivity index (χ4n) is 1.68. The van der Waals surface area contributed by atoms with Crippen molar-refractivity contribution in [1.82, 2.24) is 9.78 Å². The molecular formula is C13H12Cl2N2O. The van der Waals surface area contributed by atoms with E-state index in [2.05, 4.69) is 12.0 Å². The lowest BCUT2D eigenvalue weighted by atomic mass is 10.1. The van der Waals surface area contributed by atoms with E-state index in [1.54, 1.807) is 35.3 Å². The van der Waals surface area contributed by atoms with Gasteiger partial charge in [-0.3, -0.25) is 9.48 Å². The topological polar surface area (TPSA) is 34.9 Å². The smallest absolute Gasteiger partial charge is 0.196 e. The summed E-state index contributed by atoms with van der Waals surface area (Å²) in [6, 6.07) is 4.81. The number of aromatic nitrogens is 2. The molecule has 94 valence electrons. The molecule has 0 aliphatic rings. The van der Waals surface area contributed by atoms with Crippen molar-refractivity contribution in [2.75, 3.05) is 0 Å². The van der Waals surface area contributed by atoms with Crippen LogP contribution in [0.5, 0.6) is 0 Å². The predicted molar refractivity (Wildman–Crippen MR) is 72.4 cm³/mol. The molecule has 5 heteroatoms. The summed E-state index contributed by atoms with van der Waals surface area (Å²) < 4.78 is 1.75. The van der Waals surface area contributed by atoms with Gasteiger partial charge in [0.05, 0.1) is 11.8 Å². The average molecular weight is 283 g/mol. The van der Waals surface area contributed by atoms with Crippen LogP contribution in [0.4, 0.5) is 0 Å². The fourth-order valence-corrected chi connectivity index (χ4v) is 2.21. The first kappa shape index (κ1) is 13.1. The summed E-state index contributed by atoms with van der Waals surface area (Å²) in [5.41, 5.74) is 1.02. The lowest BCUT2D eigenvalue weighted by molar-refractivity contribution is 0.103. The molecule has 2 rings (SSSR count). The van der Waals surface area contributed by atoms with Gasteiger partial charge in [0.2, 0.25) is 0 Å². The van der Waals surface area contributed by atoms with Crippen molar-refractivity contribution < 1.29 is 4.79 Å². The number of aryl methyl sites for hydroxylation is 1. The van der Waals surface area contributed by atoms with Crippen molar-refractivity contribution in [3.63, 3.8) is 0 Å². The summed E-state index contributed by atoms with van der Waals surface area (Å²) >= 11 is 11.8. The third-order valence-electron chi connectivity index (χ3n) is 2.47. The Morgan fingerprint density at radius 2 is 1.89 bits per heavy atom. The number of benzene rings is 1. The van der Waals surface area contributed by atoms with E-state index in [-0.39, 0.29) is 5.78 Å². The maximum absolute atomic E-state index is 12.2. The molecule has 0 atom stereocenters. The highest BCUT2D eigenvalue weighted by atomic mass is 35.5. The van der Waals surface area contributed by atoms with Crippen LogP contribution in [0.3, 0.4) is 0 Å². The SMILES string of the molecule is CCCn1cc(C(=O)c2cc(Cl)cc(Cl)c2)cn1. The quantitative estimate of drug-likeness (QED) is 0.799. The van der Waals surface area contributed by atoms with Gasteiger partial charge in [0.15, 0.2) is 5.78 Å². The van der Waals surface area contributed by atoms with Gasteiger partial charge in [0.25, 0.3) is 0 Å². The van der Waals surface area contributed by atoms with Crippen LogP contribution in [-0.4, -0.2) is 15.6 Å². The van der Waals surface area contributed by atoms with Crippen molar-refractivity contribution >= 4 is 29.0 Å². The molecule has 0 radical (unpaired) electrons. The van der Waals surface area contributed by atoms with Gasteiger partial charge in [0.1, 0.15) is 0 Å². The molecule has 0 fully saturated rings. The van der Waals surface area contributed by atoms with Gasteiger partial charge in [-0.15, -0.1) is 0 Å². The zero-order valence-corrected chi connectivity index (χ0v) is 11.4. The van der Waals surface area contributed by atoms with E-state index >= 15 is 0 Å². The van der Waals surface area contributed by atoms with Crippen LogP contribution in [0.15, 0.2) is 30.6 Å². The summed E-state index contributed by atoms with van der Waals surface area (Å²) in [7, 11) is 0. The van der Waals surface area contributed by atoms with Crippen LogP contribution in [0, 0.1) is 0 Å². The molecule has 0 unspecified atom stereocenters. The van der Waals surface area contributed by atoms with Gasteiger partial charge < -0.3 is 0 Å². The molecule has 1 aromatic carbocycles. The second-order valence-electron chi connectivity index (χ2n) is 3.98. The van der Waals surface area contributed by atoms with Crippen LogP contribution in [-0.2, 0) is 6.54 Å². The lowest BCUT2D eigenvalue weighted by Gasteiger charge is -2.00. The van der Waals surface area contributed by atoms with Crippen LogP contribution in [0.25, 0.3) is 0 Å². The van der Waals surface area contributed by atoms with Gasteiger partial charge in [-0.1, -0.05) is 30.1 Å². The van der Waals surface area contributed by atoms with E-state index in [0.29, 0.717) is 21.2 Å². The molecule has 0 saturated heterocycles. The van der Waals surface area contributed by atoms with E-state index < -0.39 is 0 Å². The molecule has 0 spiro atoms. The number of nitrogens with zero attached hydrogens (tertiary/aromatic N) is 2. The Hall–Kier alpha value is -1.32. The van der Waals surface area contributed by atoms with Gasteiger partial charge >= 0.3 is 0 Å². The van der Waals surface area contributed by atoms with Gasteiger partial charge in [-0.05, 0) is 24.6 Å². The van der Waals surface area contributed by atoms with E-state index in [0.717, 1.165) is 13.0 Å². The first-order valence-corrected chi connectivity index (χ1v) is 6.39. The van der Waals surface area contributed by atoms with Crippen LogP contribution in [0.2, 0.25) is 10.0 Å². The highest BCUT2D eigenvalue weighted by Gasteiger charge is 2.12. The van der Waals surface area contributed by atoms with E-state index in [4.69, 9.17) is 23.2 Å². The molecule has 0 amide bonds. The minimum Gasteiger partial charge on any atom is -0.288 e. The second kappa shape index (κ2) is 5.55. The number of carbonyl (C=O) groups excluding carboxylic acids is 1. The Morgan fingerprint density at radius 3 is 2.50 bits per heavy atom. The molecule has 2 aromatic rings. The van der Waals surface area contributed by atoms with Crippen molar-refractivity contribution in [2.45, 2.75) is 19.9 Å². The average Bonchev–Trinajstić information content (AvgIpc) is 2.76. The Balaban J connectivity index is 2.29. The van der Waals surface area contributed by atoms with Crippen molar-refractivity contribution in [1.29, 1.82) is 0 Å². The highest BCUT2D eigenvalue weighted by molar-refractivity contribution is 6.35. The minimum atomic E-state index is -0.123. The molecular weight excluding hydrogens is 271 g/mol. The zero-order chi connectivity index (χ0) is 13.1. The van der Waals surface area contributed by atoms with Crippen molar-refractivity contribution in [3.05, 3.63) is 51.8 Å². The third-order valence-corrected chi connectivity index (χ3v) is 2.91. The minimum absolute atomic E-state index is 0.123. The summed E-state index contributed by atoms with van der Waals surface area (Å²) in [4.78, 5) is 12.2. The molecule has 0 saturated carbocycles. The standard InChI is InChI=1S/C13H12Cl2N2O/c1-2-3-17-8-10(7-16-17)13(18)9-4-11(14)6-12(15)5-9/h4-8H,2-3H2,1H3. The van der Waals surface area contributed by atoms with Crippen LogP contribution >= 0.6 is 23.2 Å². The number of hydrogen-bond acceptors (Lipinski definition) is 2. The number of rotatable bonds is 4. The van der Waals surface area contributed by atoms with E-state index in [1.807, 2.05) is 0 Å². The van der Waals surface area contributed by atoms with Crippen molar-refractivity contribution in [3.8, 4) is 0 Å². The predicted octanol–water partition coefficient (Wildman–Crippen LogP) is 3.83. The molecule has 18 heavy (non-hydrogen) atoms. The van der Waals surface area contributed by atoms with Gasteiger partial charge in [-0.25, -0.2) is 0 Å². The highest BCUT2D eigenvalue weighted by Crippen LogP contribution is 2.21. The number of carbonyl (C=O) groups is 1.